The third kappa shape index (κ3) is 9.07. The zero-order valence-corrected chi connectivity index (χ0v) is 32.0. The lowest BCUT2D eigenvalue weighted by Crippen LogP contribution is -2.51. The van der Waals surface area contributed by atoms with Gasteiger partial charge in [0.2, 0.25) is 11.8 Å². The van der Waals surface area contributed by atoms with Gasteiger partial charge in [0, 0.05) is 77.3 Å². The lowest BCUT2D eigenvalue weighted by molar-refractivity contribution is -0.127. The van der Waals surface area contributed by atoms with E-state index in [1.165, 1.54) is 59.6 Å². The van der Waals surface area contributed by atoms with Gasteiger partial charge in [0.25, 0.3) is 11.1 Å². The zero-order valence-electron chi connectivity index (χ0n) is 32.0. The van der Waals surface area contributed by atoms with E-state index in [4.69, 9.17) is 0 Å². The van der Waals surface area contributed by atoms with Crippen LogP contribution >= 0.6 is 0 Å². The maximum atomic E-state index is 14.1. The van der Waals surface area contributed by atoms with Gasteiger partial charge >= 0.3 is 11.4 Å². The van der Waals surface area contributed by atoms with Crippen LogP contribution in [0.2, 0.25) is 0 Å². The van der Waals surface area contributed by atoms with E-state index in [1.54, 1.807) is 9.80 Å². The zero-order chi connectivity index (χ0) is 41.7. The highest BCUT2D eigenvalue weighted by molar-refractivity contribution is 5.84. The molecule has 0 bridgehead atoms. The van der Waals surface area contributed by atoms with E-state index in [1.807, 2.05) is 12.1 Å². The van der Waals surface area contributed by atoms with Crippen LogP contribution in [0.25, 0.3) is 0 Å². The van der Waals surface area contributed by atoms with Crippen LogP contribution in [0.4, 0.5) is 20.4 Å². The van der Waals surface area contributed by atoms with Crippen LogP contribution in [0.1, 0.15) is 60.8 Å². The second kappa shape index (κ2) is 17.5. The fraction of sp³-hybridized carbons (Fsp3) is 0.400. The number of piperidine rings is 2. The lowest BCUT2D eigenvalue weighted by atomic mass is 10.0. The number of carbonyl (C=O) groups is 2. The van der Waals surface area contributed by atoms with E-state index in [0.717, 1.165) is 21.3 Å². The number of nitrogens with zero attached hydrogens (tertiary/aromatic N) is 8. The first kappa shape index (κ1) is 40.8. The van der Waals surface area contributed by atoms with Gasteiger partial charge in [0.05, 0.1) is 36.4 Å². The number of carbonyl (C=O) groups excluding carboxylic acids is 2. The normalized spacial score (nSPS) is 16.7. The molecule has 6 rings (SSSR count). The smallest absolute Gasteiger partial charge is 0.332 e. The van der Waals surface area contributed by atoms with Gasteiger partial charge in [-0.2, -0.15) is 10.5 Å². The predicted molar refractivity (Wildman–Crippen MR) is 208 cm³/mol. The highest BCUT2D eigenvalue weighted by atomic mass is 19.1. The van der Waals surface area contributed by atoms with Crippen LogP contribution in [-0.4, -0.2) is 68.3 Å². The molecule has 2 aliphatic rings. The van der Waals surface area contributed by atoms with Crippen molar-refractivity contribution in [2.24, 2.45) is 14.1 Å². The monoisotopic (exact) mass is 796 g/mol. The molecule has 2 N–H and O–H groups in total. The topological polar surface area (TPSA) is 200 Å². The van der Waals surface area contributed by atoms with E-state index < -0.39 is 34.1 Å². The molecule has 2 saturated heterocycles. The Morgan fingerprint density at radius 2 is 1.07 bits per heavy atom. The third-order valence-electron chi connectivity index (χ3n) is 10.6. The summed E-state index contributed by atoms with van der Waals surface area (Å²) in [4.78, 5) is 81.9. The quantitative estimate of drug-likeness (QED) is 0.222. The fourth-order valence-electron chi connectivity index (χ4n) is 7.52. The Kier molecular flexibility index (Phi) is 12.3. The predicted octanol–water partition coefficient (Wildman–Crippen LogP) is 1.18. The Morgan fingerprint density at radius 3 is 1.45 bits per heavy atom. The molecule has 2 atom stereocenters. The number of hydrogen-bond donors (Lipinski definition) is 2. The van der Waals surface area contributed by atoms with Gasteiger partial charge in [0.15, 0.2) is 0 Å². The first-order valence-electron chi connectivity index (χ1n) is 18.8. The summed E-state index contributed by atoms with van der Waals surface area (Å²) in [7, 11) is 2.66. The number of hydrogen-bond acceptors (Lipinski definition) is 10. The molecule has 4 heterocycles. The molecule has 2 amide bonds. The van der Waals surface area contributed by atoms with Crippen LogP contribution in [0.5, 0.6) is 0 Å². The van der Waals surface area contributed by atoms with Crippen LogP contribution in [-0.2, 0) is 36.8 Å². The summed E-state index contributed by atoms with van der Waals surface area (Å²) in [5, 5.41) is 25.1. The highest BCUT2D eigenvalue weighted by Gasteiger charge is 2.28. The van der Waals surface area contributed by atoms with Crippen molar-refractivity contribution in [3.8, 4) is 12.1 Å². The van der Waals surface area contributed by atoms with E-state index >= 15 is 0 Å². The first-order chi connectivity index (χ1) is 27.8. The molecule has 4 aromatic rings. The summed E-state index contributed by atoms with van der Waals surface area (Å²) in [6.45, 7) is 1.11. The van der Waals surface area contributed by atoms with E-state index in [9.17, 15) is 48.1 Å². The first-order valence-corrected chi connectivity index (χ1v) is 18.8. The summed E-state index contributed by atoms with van der Waals surface area (Å²) in [5.74, 6) is -1.35. The summed E-state index contributed by atoms with van der Waals surface area (Å²) in [6, 6.07) is 13.2. The number of nitrogens with one attached hydrogen (secondary N) is 2. The minimum atomic E-state index is -0.644. The van der Waals surface area contributed by atoms with Crippen LogP contribution in [0.3, 0.4) is 0 Å². The molecule has 0 radical (unpaired) electrons. The number of anilines is 2. The molecule has 2 aromatic heterocycles. The molecule has 0 spiro atoms. The molecule has 16 nitrogen and oxygen atoms in total. The SMILES string of the molecule is Cn1c(=O)cc(N2CCC[C@@H](NC(=O)CCC(=O)N[C@@H]3CCCN(c4cc(=O)n(C)c(=O)n4Cc4cc(F)ccc4C#N)C3)C2)n(Cc2cc(F)ccc2C#N)c1=O. The fourth-order valence-corrected chi connectivity index (χ4v) is 7.52. The molecule has 2 fully saturated rings. The molecular weight excluding hydrogens is 754 g/mol. The van der Waals surface area contributed by atoms with E-state index in [2.05, 4.69) is 10.6 Å². The van der Waals surface area contributed by atoms with Crippen LogP contribution in [0.15, 0.2) is 67.7 Å². The Morgan fingerprint density at radius 1 is 0.672 bits per heavy atom. The second-order valence-electron chi connectivity index (χ2n) is 14.6. The number of amides is 2. The summed E-state index contributed by atoms with van der Waals surface area (Å²) in [5.41, 5.74) is -1.47. The number of nitriles is 2. The largest absolute Gasteiger partial charge is 0.356 e. The van der Waals surface area contributed by atoms with Crippen LogP contribution < -0.4 is 42.9 Å². The average Bonchev–Trinajstić information content (AvgIpc) is 3.20. The molecule has 2 aromatic carbocycles. The van der Waals surface area contributed by atoms with E-state index in [0.29, 0.717) is 38.8 Å². The molecule has 58 heavy (non-hydrogen) atoms. The number of rotatable bonds is 11. The van der Waals surface area contributed by atoms with Gasteiger partial charge in [-0.05, 0) is 73.2 Å². The van der Waals surface area contributed by atoms with Crippen molar-refractivity contribution in [2.45, 2.75) is 63.7 Å². The summed E-state index contributed by atoms with van der Waals surface area (Å²) in [6.07, 6.45) is 2.20. The molecule has 2 aliphatic heterocycles. The van der Waals surface area contributed by atoms with Gasteiger partial charge in [0.1, 0.15) is 23.3 Å². The van der Waals surface area contributed by atoms with Crippen molar-refractivity contribution in [2.75, 3.05) is 36.0 Å². The van der Waals surface area contributed by atoms with Crippen LogP contribution in [0, 0.1) is 34.3 Å². The van der Waals surface area contributed by atoms with Crippen molar-refractivity contribution in [3.63, 3.8) is 0 Å². The number of aromatic nitrogens is 4. The lowest BCUT2D eigenvalue weighted by Gasteiger charge is -2.36. The Bertz CT molecular complexity index is 2410. The maximum absolute atomic E-state index is 14.1. The van der Waals surface area contributed by atoms with Crippen molar-refractivity contribution in [3.05, 3.63) is 124 Å². The Balaban J connectivity index is 1.08. The maximum Gasteiger partial charge on any atom is 0.332 e. The summed E-state index contributed by atoms with van der Waals surface area (Å²) < 4.78 is 32.8. The van der Waals surface area contributed by atoms with Gasteiger partial charge in [-0.1, -0.05) is 0 Å². The van der Waals surface area contributed by atoms with Gasteiger partial charge < -0.3 is 20.4 Å². The van der Waals surface area contributed by atoms with Crippen molar-refractivity contribution in [1.82, 2.24) is 28.9 Å². The van der Waals surface area contributed by atoms with Crippen molar-refractivity contribution < 1.29 is 18.4 Å². The highest BCUT2D eigenvalue weighted by Crippen LogP contribution is 2.22. The average molecular weight is 797 g/mol. The minimum Gasteiger partial charge on any atom is -0.356 e. The number of halogens is 2. The Labute approximate surface area is 330 Å². The molecule has 0 unspecified atom stereocenters. The minimum absolute atomic E-state index is 0.116. The molecule has 18 heteroatoms. The number of benzene rings is 2. The van der Waals surface area contributed by atoms with Crippen molar-refractivity contribution in [1.29, 1.82) is 10.5 Å². The molecule has 0 saturated carbocycles. The van der Waals surface area contributed by atoms with E-state index in [-0.39, 0.29) is 96.8 Å². The van der Waals surface area contributed by atoms with Gasteiger partial charge in [-0.15, -0.1) is 0 Å². The second-order valence-corrected chi connectivity index (χ2v) is 14.6. The third-order valence-corrected chi connectivity index (χ3v) is 10.6. The Hall–Kier alpha value is -6.82. The summed E-state index contributed by atoms with van der Waals surface area (Å²) >= 11 is 0. The molecule has 0 aliphatic carbocycles. The van der Waals surface area contributed by atoms with Gasteiger partial charge in [-0.3, -0.25) is 37.4 Å². The van der Waals surface area contributed by atoms with Crippen molar-refractivity contribution >= 4 is 23.5 Å². The van der Waals surface area contributed by atoms with Gasteiger partial charge in [-0.25, -0.2) is 18.4 Å². The standard InChI is InChI=1S/C40H42F2N10O6/c1-47-37(55)17-35(51(39(47)57)21-27-15-29(41)9-7-25(27)19-43)49-13-3-5-31(23-49)45-33(53)11-12-34(54)46-32-6-4-14-50(24-32)36-18-38(56)48(2)40(58)52(36)22-28-16-30(42)10-8-26(28)20-44/h7-10,15-18,31-32H,3-6,11-14,21-24H2,1-2H3,(H,45,53)(H,46,54)/t31-,32-/m1/s1. The molecular formula is C40H42F2N10O6. The molecule has 302 valence electrons.